The van der Waals surface area contributed by atoms with Gasteiger partial charge in [-0.15, -0.1) is 0 Å². The first-order valence-corrected chi connectivity index (χ1v) is 5.12. The summed E-state index contributed by atoms with van der Waals surface area (Å²) >= 11 is 0. The van der Waals surface area contributed by atoms with Crippen LogP contribution in [0.25, 0.3) is 0 Å². The van der Waals surface area contributed by atoms with E-state index in [4.69, 9.17) is 10.8 Å². The summed E-state index contributed by atoms with van der Waals surface area (Å²) in [7, 11) is 1.25. The van der Waals surface area contributed by atoms with Gasteiger partial charge in [0, 0.05) is 1.37 Å². The molecular weight excluding hydrogens is 200 g/mol. The molecule has 0 saturated heterocycles. The highest BCUT2D eigenvalue weighted by atomic mass is 16.6. The Balaban J connectivity index is 0.000000514. The zero-order chi connectivity index (χ0) is 12.3. The third-order valence-corrected chi connectivity index (χ3v) is 2.73. The molecule has 2 atom stereocenters. The standard InChI is InChI=1S/C13H12O2.CH4/c1-9-5-4-8-12-13(9)15-11-7-3-2-6-10(11)14-12;/h2-8,10-11H,1H3;1H4/i;1D. The minimum Gasteiger partial charge on any atom is -0.478 e. The fourth-order valence-corrected chi connectivity index (χ4v) is 1.93. The quantitative estimate of drug-likeness (QED) is 0.664. The number of benzene rings is 1. The van der Waals surface area contributed by atoms with E-state index in [1.807, 2.05) is 49.4 Å². The molecule has 0 amide bonds. The van der Waals surface area contributed by atoms with Crippen molar-refractivity contribution in [2.75, 3.05) is 0 Å². The first kappa shape index (κ1) is 9.52. The van der Waals surface area contributed by atoms with Crippen LogP contribution in [0.3, 0.4) is 0 Å². The molecule has 1 aromatic rings. The SMILES string of the molecule is Cc1cccc2c1OC1C=CC=CC1O2.[2H]C. The van der Waals surface area contributed by atoms with Crippen molar-refractivity contribution in [2.24, 2.45) is 0 Å². The van der Waals surface area contributed by atoms with Crippen molar-refractivity contribution >= 4 is 0 Å². The topological polar surface area (TPSA) is 18.5 Å². The summed E-state index contributed by atoms with van der Waals surface area (Å²) in [5.74, 6) is 1.72. The molecule has 0 radical (unpaired) electrons. The Morgan fingerprint density at radius 2 is 1.81 bits per heavy atom. The Bertz CT molecular complexity index is 452. The lowest BCUT2D eigenvalue weighted by Gasteiger charge is -2.32. The average Bonchev–Trinajstić information content (AvgIpc) is 2.40. The maximum absolute atomic E-state index is 5.90. The highest BCUT2D eigenvalue weighted by molar-refractivity contribution is 5.48. The van der Waals surface area contributed by atoms with Gasteiger partial charge in [-0.3, -0.25) is 0 Å². The van der Waals surface area contributed by atoms with Crippen LogP contribution < -0.4 is 9.47 Å². The van der Waals surface area contributed by atoms with Gasteiger partial charge in [0.1, 0.15) is 0 Å². The molecule has 2 heteroatoms. The van der Waals surface area contributed by atoms with E-state index >= 15 is 0 Å². The minimum absolute atomic E-state index is 0.0172. The fraction of sp³-hybridized carbons (Fsp3) is 0.286. The second-order valence-electron chi connectivity index (χ2n) is 3.84. The van der Waals surface area contributed by atoms with E-state index in [-0.39, 0.29) is 12.2 Å². The van der Waals surface area contributed by atoms with Gasteiger partial charge in [0.2, 0.25) is 0 Å². The van der Waals surface area contributed by atoms with Crippen molar-refractivity contribution in [2.45, 2.75) is 26.5 Å². The van der Waals surface area contributed by atoms with Crippen LogP contribution in [0, 0.1) is 6.92 Å². The van der Waals surface area contributed by atoms with E-state index in [1.54, 1.807) is 0 Å². The van der Waals surface area contributed by atoms with Crippen LogP contribution in [0.1, 0.15) is 14.3 Å². The van der Waals surface area contributed by atoms with Crippen LogP contribution in [-0.2, 0) is 0 Å². The van der Waals surface area contributed by atoms with Crippen LogP contribution in [0.2, 0.25) is 0 Å². The van der Waals surface area contributed by atoms with E-state index in [2.05, 4.69) is 0 Å². The molecule has 2 nitrogen and oxygen atoms in total. The van der Waals surface area contributed by atoms with Gasteiger partial charge in [0.05, 0.1) is 0 Å². The maximum Gasteiger partial charge on any atom is 0.165 e. The maximum atomic E-state index is 5.90. The minimum atomic E-state index is 0.0172. The van der Waals surface area contributed by atoms with Crippen LogP contribution in [0.5, 0.6) is 11.5 Å². The Hall–Kier alpha value is -1.70. The van der Waals surface area contributed by atoms with Crippen LogP contribution in [-0.4, -0.2) is 12.2 Å². The smallest absolute Gasteiger partial charge is 0.165 e. The molecule has 0 N–H and O–H groups in total. The van der Waals surface area contributed by atoms with Gasteiger partial charge in [-0.2, -0.15) is 0 Å². The zero-order valence-electron chi connectivity index (χ0n) is 10.5. The van der Waals surface area contributed by atoms with Crippen molar-refractivity contribution < 1.29 is 10.8 Å². The van der Waals surface area contributed by atoms with Gasteiger partial charge in [-0.05, 0) is 30.7 Å². The summed E-state index contributed by atoms with van der Waals surface area (Å²) in [6.07, 6.45) is 8.07. The molecule has 0 aromatic heterocycles. The summed E-state index contributed by atoms with van der Waals surface area (Å²) in [4.78, 5) is 0. The lowest BCUT2D eigenvalue weighted by atomic mass is 10.1. The number of para-hydroxylation sites is 1. The normalized spacial score (nSPS) is 25.0. The summed E-state index contributed by atoms with van der Waals surface area (Å²) in [6.45, 7) is 2.03. The Kier molecular flexibility index (Phi) is 2.41. The lowest BCUT2D eigenvalue weighted by molar-refractivity contribution is 0.0748. The summed E-state index contributed by atoms with van der Waals surface area (Å²) in [5, 5.41) is 0. The third kappa shape index (κ3) is 1.60. The van der Waals surface area contributed by atoms with Crippen LogP contribution in [0.4, 0.5) is 0 Å². The number of allylic oxidation sites excluding steroid dienone is 2. The van der Waals surface area contributed by atoms with Crippen LogP contribution in [0.15, 0.2) is 42.5 Å². The van der Waals surface area contributed by atoms with E-state index in [0.717, 1.165) is 17.1 Å². The third-order valence-electron chi connectivity index (χ3n) is 2.73. The first-order valence-electron chi connectivity index (χ1n) is 6.12. The molecule has 0 fully saturated rings. The molecule has 1 heterocycles. The highest BCUT2D eigenvalue weighted by Crippen LogP contribution is 2.37. The van der Waals surface area contributed by atoms with E-state index in [0.29, 0.717) is 0 Å². The molecule has 1 aromatic carbocycles. The predicted molar refractivity (Wildman–Crippen MR) is 65.0 cm³/mol. The van der Waals surface area contributed by atoms with Gasteiger partial charge >= 0.3 is 0 Å². The number of ether oxygens (including phenoxy) is 2. The summed E-state index contributed by atoms with van der Waals surface area (Å²) in [6, 6.07) is 5.97. The second-order valence-corrected chi connectivity index (χ2v) is 3.84. The van der Waals surface area contributed by atoms with Gasteiger partial charge < -0.3 is 9.47 Å². The molecular formula is C14H16O2. The molecule has 3 rings (SSSR count). The molecule has 1 aliphatic heterocycles. The molecule has 16 heavy (non-hydrogen) atoms. The predicted octanol–water partition coefficient (Wildman–Crippen LogP) is 3.27. The lowest BCUT2D eigenvalue weighted by Crippen LogP contribution is -2.38. The Labute approximate surface area is 97.6 Å². The number of fused-ring (bicyclic) bond motifs is 2. The molecule has 2 aliphatic rings. The van der Waals surface area contributed by atoms with Gasteiger partial charge in [0.15, 0.2) is 23.7 Å². The highest BCUT2D eigenvalue weighted by Gasteiger charge is 2.29. The number of hydrogen-bond acceptors (Lipinski definition) is 2. The van der Waals surface area contributed by atoms with Gasteiger partial charge in [-0.25, -0.2) is 0 Å². The largest absolute Gasteiger partial charge is 0.478 e. The fourth-order valence-electron chi connectivity index (χ4n) is 1.93. The second kappa shape index (κ2) is 4.05. The van der Waals surface area contributed by atoms with E-state index < -0.39 is 0 Å². The van der Waals surface area contributed by atoms with Crippen LogP contribution >= 0.6 is 0 Å². The molecule has 0 bridgehead atoms. The van der Waals surface area contributed by atoms with E-state index in [1.165, 1.54) is 7.40 Å². The van der Waals surface area contributed by atoms with E-state index in [9.17, 15) is 0 Å². The summed E-state index contributed by atoms with van der Waals surface area (Å²) in [5.41, 5.74) is 1.12. The van der Waals surface area contributed by atoms with Crippen molar-refractivity contribution in [3.8, 4) is 11.5 Å². The van der Waals surface area contributed by atoms with Gasteiger partial charge in [0.25, 0.3) is 0 Å². The van der Waals surface area contributed by atoms with Crippen molar-refractivity contribution in [3.63, 3.8) is 0 Å². The Morgan fingerprint density at radius 3 is 2.56 bits per heavy atom. The average molecular weight is 217 g/mol. The number of hydrogen-bond donors (Lipinski definition) is 0. The number of rotatable bonds is 0. The van der Waals surface area contributed by atoms with Crippen molar-refractivity contribution in [1.29, 1.82) is 0 Å². The molecule has 0 saturated carbocycles. The van der Waals surface area contributed by atoms with Gasteiger partial charge in [-0.1, -0.05) is 31.7 Å². The van der Waals surface area contributed by atoms with Crippen molar-refractivity contribution in [3.05, 3.63) is 48.1 Å². The molecule has 0 spiro atoms. The molecule has 1 aliphatic carbocycles. The summed E-state index contributed by atoms with van der Waals surface area (Å²) < 4.78 is 17.5. The Morgan fingerprint density at radius 1 is 1.12 bits per heavy atom. The molecule has 2 unspecified atom stereocenters. The van der Waals surface area contributed by atoms with Crippen molar-refractivity contribution in [1.82, 2.24) is 0 Å². The molecule has 84 valence electrons. The first-order chi connectivity index (χ1) is 8.34. The zero-order valence-corrected chi connectivity index (χ0v) is 9.51. The number of aryl methyl sites for hydroxylation is 1. The monoisotopic (exact) mass is 217 g/mol.